The summed E-state index contributed by atoms with van der Waals surface area (Å²) in [7, 11) is -3.96. The van der Waals surface area contributed by atoms with Gasteiger partial charge in [0.05, 0.1) is 0 Å². The first-order chi connectivity index (χ1) is 8.49. The van der Waals surface area contributed by atoms with Crippen LogP contribution in [-0.2, 0) is 10.0 Å². The van der Waals surface area contributed by atoms with Crippen LogP contribution in [0.5, 0.6) is 0 Å². The summed E-state index contributed by atoms with van der Waals surface area (Å²) in [5, 5.41) is 0. The normalized spacial score (nSPS) is 11.2. The molecule has 0 saturated carbocycles. The van der Waals surface area contributed by atoms with Gasteiger partial charge in [0.25, 0.3) is 10.0 Å². The van der Waals surface area contributed by atoms with Crippen molar-refractivity contribution in [1.82, 2.24) is 4.98 Å². The van der Waals surface area contributed by atoms with Crippen LogP contribution in [0.4, 0.5) is 10.2 Å². The van der Waals surface area contributed by atoms with Gasteiger partial charge in [0.2, 0.25) is 0 Å². The summed E-state index contributed by atoms with van der Waals surface area (Å²) in [6.07, 6.45) is 1.44. The first-order valence-electron chi connectivity index (χ1n) is 4.88. The fraction of sp³-hybridized carbons (Fsp3) is 0. The Hall–Kier alpha value is -1.47. The Kier molecular flexibility index (Phi) is 3.63. The number of benzene rings is 1. The van der Waals surface area contributed by atoms with Gasteiger partial charge in [0.15, 0.2) is 0 Å². The number of hydrogen-bond acceptors (Lipinski definition) is 3. The van der Waals surface area contributed by atoms with E-state index in [4.69, 9.17) is 0 Å². The fourth-order valence-corrected chi connectivity index (χ4v) is 2.61. The smallest absolute Gasteiger partial charge is 0.263 e. The third kappa shape index (κ3) is 2.85. The highest BCUT2D eigenvalue weighted by molar-refractivity contribution is 9.10. The monoisotopic (exact) mass is 330 g/mol. The van der Waals surface area contributed by atoms with Gasteiger partial charge < -0.3 is 0 Å². The summed E-state index contributed by atoms with van der Waals surface area (Å²) < 4.78 is 40.1. The minimum absolute atomic E-state index is 0.126. The Morgan fingerprint density at radius 2 is 1.89 bits per heavy atom. The van der Waals surface area contributed by atoms with Crippen LogP contribution in [0.15, 0.2) is 52.0 Å². The highest BCUT2D eigenvalue weighted by atomic mass is 79.9. The van der Waals surface area contributed by atoms with E-state index in [0.29, 0.717) is 0 Å². The van der Waals surface area contributed by atoms with E-state index in [1.54, 1.807) is 6.07 Å². The topological polar surface area (TPSA) is 59.1 Å². The molecular weight excluding hydrogens is 323 g/mol. The highest BCUT2D eigenvalue weighted by Gasteiger charge is 2.18. The molecule has 94 valence electrons. The Bertz CT molecular complexity index is 659. The summed E-state index contributed by atoms with van der Waals surface area (Å²) in [5.41, 5.74) is 0. The Labute approximate surface area is 112 Å². The Balaban J connectivity index is 2.33. The molecular formula is C11H8BrFN2O2S. The molecule has 1 heterocycles. The van der Waals surface area contributed by atoms with E-state index in [2.05, 4.69) is 25.6 Å². The van der Waals surface area contributed by atoms with Gasteiger partial charge >= 0.3 is 0 Å². The number of halogens is 2. The first kappa shape index (κ1) is 13.0. The molecule has 1 aromatic carbocycles. The molecule has 7 heteroatoms. The van der Waals surface area contributed by atoms with Gasteiger partial charge in [-0.05, 0) is 40.2 Å². The minimum atomic E-state index is -3.96. The molecule has 18 heavy (non-hydrogen) atoms. The van der Waals surface area contributed by atoms with Crippen molar-refractivity contribution in [3.63, 3.8) is 0 Å². The molecule has 2 rings (SSSR count). The van der Waals surface area contributed by atoms with E-state index < -0.39 is 20.7 Å². The van der Waals surface area contributed by atoms with Crippen molar-refractivity contribution in [3.05, 3.63) is 52.9 Å². The van der Waals surface area contributed by atoms with Crippen molar-refractivity contribution < 1.29 is 12.8 Å². The van der Waals surface area contributed by atoms with Gasteiger partial charge in [-0.1, -0.05) is 12.1 Å². The summed E-state index contributed by atoms with van der Waals surface area (Å²) >= 11 is 3.18. The van der Waals surface area contributed by atoms with Gasteiger partial charge in [-0.25, -0.2) is 17.8 Å². The number of sulfonamides is 1. The number of anilines is 1. The largest absolute Gasteiger partial charge is 0.265 e. The van der Waals surface area contributed by atoms with Crippen LogP contribution in [0.25, 0.3) is 0 Å². The maximum Gasteiger partial charge on any atom is 0.265 e. The lowest BCUT2D eigenvalue weighted by atomic mass is 10.4. The zero-order valence-electron chi connectivity index (χ0n) is 8.97. The maximum absolute atomic E-state index is 13.4. The molecule has 0 radical (unpaired) electrons. The third-order valence-electron chi connectivity index (χ3n) is 2.09. The molecule has 0 fully saturated rings. The van der Waals surface area contributed by atoms with Gasteiger partial charge in [-0.3, -0.25) is 4.72 Å². The summed E-state index contributed by atoms with van der Waals surface area (Å²) in [6.45, 7) is 0. The zero-order chi connectivity index (χ0) is 13.2. The van der Waals surface area contributed by atoms with Crippen LogP contribution in [0.1, 0.15) is 0 Å². The third-order valence-corrected chi connectivity index (χ3v) is 3.95. The van der Waals surface area contributed by atoms with Crippen molar-refractivity contribution in [2.24, 2.45) is 0 Å². The lowest BCUT2D eigenvalue weighted by Gasteiger charge is -2.07. The van der Waals surface area contributed by atoms with Crippen molar-refractivity contribution in [2.75, 3.05) is 4.72 Å². The predicted molar refractivity (Wildman–Crippen MR) is 69.1 cm³/mol. The molecule has 0 bridgehead atoms. The summed E-state index contributed by atoms with van der Waals surface area (Å²) in [6, 6.07) is 8.26. The number of hydrogen-bond donors (Lipinski definition) is 1. The summed E-state index contributed by atoms with van der Waals surface area (Å²) in [4.78, 5) is 3.45. The van der Waals surface area contributed by atoms with Crippen LogP contribution >= 0.6 is 15.9 Å². The zero-order valence-corrected chi connectivity index (χ0v) is 11.4. The Morgan fingerprint density at radius 3 is 2.50 bits per heavy atom. The van der Waals surface area contributed by atoms with Crippen molar-refractivity contribution in [1.29, 1.82) is 0 Å². The fourth-order valence-electron chi connectivity index (χ4n) is 1.29. The predicted octanol–water partition coefficient (Wildman–Crippen LogP) is 2.78. The lowest BCUT2D eigenvalue weighted by Crippen LogP contribution is -2.15. The standard InChI is InChI=1S/C11H8BrFN2O2S/c12-8-5-6-11(14-7-8)15-18(16,17)10-4-2-1-3-9(10)13/h1-7H,(H,14,15). The quantitative estimate of drug-likeness (QED) is 0.941. The number of aromatic nitrogens is 1. The number of nitrogens with one attached hydrogen (secondary N) is 1. The lowest BCUT2D eigenvalue weighted by molar-refractivity contribution is 0.570. The molecule has 0 unspecified atom stereocenters. The molecule has 0 spiro atoms. The van der Waals surface area contributed by atoms with E-state index >= 15 is 0 Å². The van der Waals surface area contributed by atoms with Gasteiger partial charge in [0, 0.05) is 10.7 Å². The minimum Gasteiger partial charge on any atom is -0.263 e. The van der Waals surface area contributed by atoms with Crippen LogP contribution < -0.4 is 4.72 Å². The van der Waals surface area contributed by atoms with Crippen LogP contribution in [-0.4, -0.2) is 13.4 Å². The van der Waals surface area contributed by atoms with Crippen LogP contribution in [0, 0.1) is 5.82 Å². The maximum atomic E-state index is 13.4. The van der Waals surface area contributed by atoms with E-state index in [-0.39, 0.29) is 5.82 Å². The van der Waals surface area contributed by atoms with Crippen molar-refractivity contribution in [3.8, 4) is 0 Å². The molecule has 0 amide bonds. The average molecular weight is 331 g/mol. The molecule has 1 aromatic heterocycles. The van der Waals surface area contributed by atoms with Crippen LogP contribution in [0.2, 0.25) is 0 Å². The molecule has 0 aliphatic heterocycles. The highest BCUT2D eigenvalue weighted by Crippen LogP contribution is 2.18. The van der Waals surface area contributed by atoms with Crippen molar-refractivity contribution >= 4 is 31.8 Å². The molecule has 0 aliphatic carbocycles. The second kappa shape index (κ2) is 5.03. The SMILES string of the molecule is O=S(=O)(Nc1ccc(Br)cn1)c1ccccc1F. The van der Waals surface area contributed by atoms with Crippen molar-refractivity contribution in [2.45, 2.75) is 4.90 Å². The second-order valence-corrected chi connectivity index (χ2v) is 5.96. The molecule has 0 aliphatic rings. The van der Waals surface area contributed by atoms with E-state index in [0.717, 1.165) is 10.5 Å². The van der Waals surface area contributed by atoms with E-state index in [1.165, 1.54) is 30.5 Å². The molecule has 1 N–H and O–H groups in total. The van der Waals surface area contributed by atoms with Crippen LogP contribution in [0.3, 0.4) is 0 Å². The van der Waals surface area contributed by atoms with Gasteiger partial charge in [0.1, 0.15) is 16.5 Å². The van der Waals surface area contributed by atoms with Gasteiger partial charge in [-0.2, -0.15) is 0 Å². The second-order valence-electron chi connectivity index (χ2n) is 3.40. The molecule has 2 aromatic rings. The first-order valence-corrected chi connectivity index (χ1v) is 7.15. The molecule has 4 nitrogen and oxygen atoms in total. The van der Waals surface area contributed by atoms with Gasteiger partial charge in [-0.15, -0.1) is 0 Å². The average Bonchev–Trinajstić information content (AvgIpc) is 2.32. The molecule has 0 saturated heterocycles. The Morgan fingerprint density at radius 1 is 1.17 bits per heavy atom. The summed E-state index contributed by atoms with van der Waals surface area (Å²) in [5.74, 6) is -0.677. The molecule has 0 atom stereocenters. The van der Waals surface area contributed by atoms with E-state index in [1.807, 2.05) is 0 Å². The van der Waals surface area contributed by atoms with E-state index in [9.17, 15) is 12.8 Å². The number of rotatable bonds is 3. The number of pyridine rings is 1. The number of nitrogens with zero attached hydrogens (tertiary/aromatic N) is 1.